The molecule has 0 aliphatic carbocycles. The molecule has 0 aromatic heterocycles. The minimum Gasteiger partial charge on any atom is -0.496 e. The molecule has 0 radical (unpaired) electrons. The molecule has 0 saturated carbocycles. The zero-order chi connectivity index (χ0) is 15.0. The van der Waals surface area contributed by atoms with E-state index in [9.17, 15) is 9.90 Å². The monoisotopic (exact) mass is 293 g/mol. The van der Waals surface area contributed by atoms with Gasteiger partial charge in [-0.2, -0.15) is 0 Å². The average Bonchev–Trinajstić information content (AvgIpc) is 3.03. The molecular formula is C15H19NO5. The number of carbonyl (C=O) groups excluding carboxylic acids is 1. The molecule has 1 amide bonds. The molecule has 4 atom stereocenters. The lowest BCUT2D eigenvalue weighted by Gasteiger charge is -2.18. The minimum absolute atomic E-state index is 0.230. The van der Waals surface area contributed by atoms with Crippen LogP contribution in [-0.2, 0) is 9.47 Å². The smallest absolute Gasteiger partial charge is 0.255 e. The molecule has 0 unspecified atom stereocenters. The molecule has 0 bridgehead atoms. The number of ether oxygens (including phenoxy) is 3. The fourth-order valence-corrected chi connectivity index (χ4v) is 2.83. The van der Waals surface area contributed by atoms with E-state index in [0.29, 0.717) is 17.9 Å². The largest absolute Gasteiger partial charge is 0.496 e. The molecule has 114 valence electrons. The highest BCUT2D eigenvalue weighted by atomic mass is 16.6. The third kappa shape index (κ3) is 2.62. The highest BCUT2D eigenvalue weighted by molar-refractivity contribution is 5.97. The first kappa shape index (κ1) is 14.3. The average molecular weight is 293 g/mol. The molecule has 21 heavy (non-hydrogen) atoms. The van der Waals surface area contributed by atoms with Crippen LogP contribution in [0.3, 0.4) is 0 Å². The number of carbonyl (C=O) groups is 1. The Balaban J connectivity index is 1.72. The molecular weight excluding hydrogens is 274 g/mol. The standard InChI is InChI=1S/C15H19NO5/c1-8-3-4-9(12(5-8)19-2)15(18)16-10-6-20-14-11(17)7-21-13(10)14/h3-5,10-11,13-14,17H,6-7H2,1-2H3,(H,16,18)/t10-,11+,13+,14+/m0/s1. The summed E-state index contributed by atoms with van der Waals surface area (Å²) in [5.41, 5.74) is 1.50. The van der Waals surface area contributed by atoms with E-state index in [1.165, 1.54) is 7.11 Å². The molecule has 2 N–H and O–H groups in total. The van der Waals surface area contributed by atoms with Crippen molar-refractivity contribution in [1.82, 2.24) is 5.32 Å². The van der Waals surface area contributed by atoms with Crippen LogP contribution in [0.2, 0.25) is 0 Å². The van der Waals surface area contributed by atoms with Gasteiger partial charge < -0.3 is 24.6 Å². The summed E-state index contributed by atoms with van der Waals surface area (Å²) >= 11 is 0. The van der Waals surface area contributed by atoms with Crippen LogP contribution < -0.4 is 10.1 Å². The van der Waals surface area contributed by atoms with Crippen LogP contribution in [0.5, 0.6) is 5.75 Å². The highest BCUT2D eigenvalue weighted by Gasteiger charge is 2.47. The number of hydrogen-bond acceptors (Lipinski definition) is 5. The van der Waals surface area contributed by atoms with Gasteiger partial charge >= 0.3 is 0 Å². The van der Waals surface area contributed by atoms with E-state index in [-0.39, 0.29) is 30.8 Å². The predicted octanol–water partition coefficient (Wildman–Crippen LogP) is 0.261. The minimum atomic E-state index is -0.620. The van der Waals surface area contributed by atoms with Crippen LogP contribution in [0.1, 0.15) is 15.9 Å². The summed E-state index contributed by atoms with van der Waals surface area (Å²) in [4.78, 5) is 12.4. The second-order valence-electron chi connectivity index (χ2n) is 5.45. The number of benzene rings is 1. The van der Waals surface area contributed by atoms with Crippen molar-refractivity contribution in [2.24, 2.45) is 0 Å². The van der Waals surface area contributed by atoms with Crippen LogP contribution in [-0.4, -0.2) is 55.7 Å². The molecule has 2 heterocycles. The quantitative estimate of drug-likeness (QED) is 0.836. The number of aliphatic hydroxyl groups is 1. The van der Waals surface area contributed by atoms with Gasteiger partial charge in [-0.15, -0.1) is 0 Å². The molecule has 3 rings (SSSR count). The number of aliphatic hydroxyl groups excluding tert-OH is 1. The van der Waals surface area contributed by atoms with Crippen molar-refractivity contribution in [3.8, 4) is 5.75 Å². The van der Waals surface area contributed by atoms with E-state index in [1.54, 1.807) is 6.07 Å². The molecule has 1 aromatic rings. The molecule has 2 saturated heterocycles. The Morgan fingerprint density at radius 1 is 1.33 bits per heavy atom. The number of fused-ring (bicyclic) bond motifs is 1. The van der Waals surface area contributed by atoms with Crippen molar-refractivity contribution in [3.63, 3.8) is 0 Å². The Hall–Kier alpha value is -1.63. The molecule has 0 spiro atoms. The lowest BCUT2D eigenvalue weighted by atomic mass is 10.1. The summed E-state index contributed by atoms with van der Waals surface area (Å²) in [6, 6.07) is 5.16. The van der Waals surface area contributed by atoms with Gasteiger partial charge in [-0.05, 0) is 24.6 Å². The lowest BCUT2D eigenvalue weighted by molar-refractivity contribution is 0.0178. The van der Waals surface area contributed by atoms with Crippen LogP contribution >= 0.6 is 0 Å². The second-order valence-corrected chi connectivity index (χ2v) is 5.45. The number of rotatable bonds is 3. The summed E-state index contributed by atoms with van der Waals surface area (Å²) in [7, 11) is 1.54. The molecule has 2 aliphatic rings. The van der Waals surface area contributed by atoms with Crippen LogP contribution in [0.25, 0.3) is 0 Å². The van der Waals surface area contributed by atoms with Crippen molar-refractivity contribution in [2.75, 3.05) is 20.3 Å². The van der Waals surface area contributed by atoms with Crippen molar-refractivity contribution in [3.05, 3.63) is 29.3 Å². The maximum absolute atomic E-state index is 12.4. The fraction of sp³-hybridized carbons (Fsp3) is 0.533. The number of aryl methyl sites for hydroxylation is 1. The maximum Gasteiger partial charge on any atom is 0.255 e. The Morgan fingerprint density at radius 2 is 2.10 bits per heavy atom. The Bertz CT molecular complexity index is 547. The van der Waals surface area contributed by atoms with Crippen molar-refractivity contribution in [1.29, 1.82) is 0 Å². The number of hydrogen-bond donors (Lipinski definition) is 2. The topological polar surface area (TPSA) is 77.0 Å². The van der Waals surface area contributed by atoms with E-state index in [1.807, 2.05) is 19.1 Å². The summed E-state index contributed by atoms with van der Waals surface area (Å²) in [5.74, 6) is 0.307. The van der Waals surface area contributed by atoms with Gasteiger partial charge in [0.25, 0.3) is 5.91 Å². The van der Waals surface area contributed by atoms with Crippen molar-refractivity contribution >= 4 is 5.91 Å². The summed E-state index contributed by atoms with van der Waals surface area (Å²) in [5, 5.41) is 12.6. The molecule has 6 heteroatoms. The van der Waals surface area contributed by atoms with E-state index in [4.69, 9.17) is 14.2 Å². The van der Waals surface area contributed by atoms with E-state index < -0.39 is 6.10 Å². The van der Waals surface area contributed by atoms with Gasteiger partial charge in [-0.1, -0.05) is 6.07 Å². The molecule has 1 aromatic carbocycles. The Labute approximate surface area is 123 Å². The Kier molecular flexibility index (Phi) is 3.84. The normalized spacial score (nSPS) is 31.0. The molecule has 6 nitrogen and oxygen atoms in total. The van der Waals surface area contributed by atoms with Crippen LogP contribution in [0.4, 0.5) is 0 Å². The van der Waals surface area contributed by atoms with Gasteiger partial charge in [0, 0.05) is 0 Å². The first-order valence-electron chi connectivity index (χ1n) is 6.97. The summed E-state index contributed by atoms with van der Waals surface area (Å²) < 4.78 is 16.2. The zero-order valence-electron chi connectivity index (χ0n) is 12.0. The first-order chi connectivity index (χ1) is 10.1. The fourth-order valence-electron chi connectivity index (χ4n) is 2.83. The number of nitrogens with one attached hydrogen (secondary N) is 1. The van der Waals surface area contributed by atoms with Gasteiger partial charge in [-0.25, -0.2) is 0 Å². The third-order valence-corrected chi connectivity index (χ3v) is 3.95. The van der Waals surface area contributed by atoms with Gasteiger partial charge in [0.1, 0.15) is 24.1 Å². The molecule has 2 fully saturated rings. The van der Waals surface area contributed by atoms with E-state index >= 15 is 0 Å². The predicted molar refractivity (Wildman–Crippen MR) is 74.5 cm³/mol. The van der Waals surface area contributed by atoms with Gasteiger partial charge in [0.05, 0.1) is 31.9 Å². The van der Waals surface area contributed by atoms with Gasteiger partial charge in [0.15, 0.2) is 0 Å². The highest BCUT2D eigenvalue weighted by Crippen LogP contribution is 2.27. The lowest BCUT2D eigenvalue weighted by Crippen LogP contribution is -2.44. The zero-order valence-corrected chi connectivity index (χ0v) is 12.0. The summed E-state index contributed by atoms with van der Waals surface area (Å²) in [6.45, 7) is 2.52. The van der Waals surface area contributed by atoms with Gasteiger partial charge in [-0.3, -0.25) is 4.79 Å². The first-order valence-corrected chi connectivity index (χ1v) is 6.97. The van der Waals surface area contributed by atoms with Gasteiger partial charge in [0.2, 0.25) is 0 Å². The number of methoxy groups -OCH3 is 1. The number of amides is 1. The van der Waals surface area contributed by atoms with E-state index in [0.717, 1.165) is 5.56 Å². The second kappa shape index (κ2) is 5.63. The van der Waals surface area contributed by atoms with E-state index in [2.05, 4.69) is 5.32 Å². The maximum atomic E-state index is 12.4. The van der Waals surface area contributed by atoms with Crippen LogP contribution in [0.15, 0.2) is 18.2 Å². The third-order valence-electron chi connectivity index (χ3n) is 3.95. The Morgan fingerprint density at radius 3 is 2.86 bits per heavy atom. The van der Waals surface area contributed by atoms with Crippen molar-refractivity contribution in [2.45, 2.75) is 31.3 Å². The van der Waals surface area contributed by atoms with Crippen molar-refractivity contribution < 1.29 is 24.1 Å². The van der Waals surface area contributed by atoms with Crippen LogP contribution in [0, 0.1) is 6.92 Å². The SMILES string of the molecule is COc1cc(C)ccc1C(=O)N[C@H]1CO[C@H]2[C@@H]1OC[C@H]2O. The molecule has 2 aliphatic heterocycles. The summed E-state index contributed by atoms with van der Waals surface area (Å²) in [6.07, 6.45) is -1.26.